The molecule has 3 nitrogen and oxygen atoms in total. The lowest BCUT2D eigenvalue weighted by atomic mass is 10.1. The molecule has 1 rings (SSSR count). The van der Waals surface area contributed by atoms with Crippen LogP contribution in [0.5, 0.6) is 0 Å². The Kier molecular flexibility index (Phi) is 2.24. The SMILES string of the molecule is Cc1cc(CO)n(C(C)(C)C)n1. The summed E-state index contributed by atoms with van der Waals surface area (Å²) in [5.74, 6) is 0. The van der Waals surface area contributed by atoms with Crippen molar-refractivity contribution in [2.24, 2.45) is 0 Å². The summed E-state index contributed by atoms with van der Waals surface area (Å²) in [5.41, 5.74) is 1.78. The van der Waals surface area contributed by atoms with E-state index in [-0.39, 0.29) is 12.1 Å². The van der Waals surface area contributed by atoms with Crippen molar-refractivity contribution in [1.82, 2.24) is 9.78 Å². The third-order valence-corrected chi connectivity index (χ3v) is 1.70. The third-order valence-electron chi connectivity index (χ3n) is 1.70. The van der Waals surface area contributed by atoms with Gasteiger partial charge in [0.2, 0.25) is 0 Å². The minimum atomic E-state index is -0.0493. The second-order valence-corrected chi connectivity index (χ2v) is 4.02. The zero-order chi connectivity index (χ0) is 9.35. The zero-order valence-corrected chi connectivity index (χ0v) is 8.13. The molecule has 1 heterocycles. The molecule has 0 aliphatic heterocycles. The molecule has 0 saturated carbocycles. The van der Waals surface area contributed by atoms with Gasteiger partial charge in [0.25, 0.3) is 0 Å². The predicted octanol–water partition coefficient (Wildman–Crippen LogP) is 1.44. The van der Waals surface area contributed by atoms with Crippen LogP contribution < -0.4 is 0 Å². The van der Waals surface area contributed by atoms with E-state index in [1.54, 1.807) is 0 Å². The molecule has 0 atom stereocenters. The van der Waals surface area contributed by atoms with E-state index >= 15 is 0 Å². The van der Waals surface area contributed by atoms with Gasteiger partial charge in [-0.15, -0.1) is 0 Å². The molecule has 1 N–H and O–H groups in total. The average molecular weight is 168 g/mol. The molecule has 3 heteroatoms. The van der Waals surface area contributed by atoms with Gasteiger partial charge in [0.15, 0.2) is 0 Å². The van der Waals surface area contributed by atoms with Crippen LogP contribution >= 0.6 is 0 Å². The second kappa shape index (κ2) is 2.90. The number of hydrogen-bond donors (Lipinski definition) is 1. The first-order valence-corrected chi connectivity index (χ1v) is 4.12. The molecule has 0 aromatic carbocycles. The number of hydrogen-bond acceptors (Lipinski definition) is 2. The summed E-state index contributed by atoms with van der Waals surface area (Å²) < 4.78 is 1.86. The van der Waals surface area contributed by atoms with Crippen molar-refractivity contribution in [3.05, 3.63) is 17.5 Å². The minimum absolute atomic E-state index is 0.0493. The van der Waals surface area contributed by atoms with Crippen molar-refractivity contribution < 1.29 is 5.11 Å². The average Bonchev–Trinajstić information content (AvgIpc) is 2.29. The van der Waals surface area contributed by atoms with Crippen LogP contribution in [-0.2, 0) is 12.1 Å². The van der Waals surface area contributed by atoms with E-state index in [2.05, 4.69) is 25.9 Å². The number of aryl methyl sites for hydroxylation is 1. The van der Waals surface area contributed by atoms with Gasteiger partial charge >= 0.3 is 0 Å². The quantitative estimate of drug-likeness (QED) is 0.689. The highest BCUT2D eigenvalue weighted by Gasteiger charge is 2.17. The smallest absolute Gasteiger partial charge is 0.0850 e. The summed E-state index contributed by atoms with van der Waals surface area (Å²) in [7, 11) is 0. The first-order valence-electron chi connectivity index (χ1n) is 4.12. The molecule has 0 bridgehead atoms. The van der Waals surface area contributed by atoms with Crippen LogP contribution in [0.15, 0.2) is 6.07 Å². The Morgan fingerprint density at radius 2 is 2.08 bits per heavy atom. The Hall–Kier alpha value is -0.830. The first-order chi connectivity index (χ1) is 5.45. The zero-order valence-electron chi connectivity index (χ0n) is 8.13. The molecule has 12 heavy (non-hydrogen) atoms. The summed E-state index contributed by atoms with van der Waals surface area (Å²) in [6, 6.07) is 1.91. The van der Waals surface area contributed by atoms with Crippen LogP contribution in [0, 0.1) is 6.92 Å². The van der Waals surface area contributed by atoms with Gasteiger partial charge in [0, 0.05) is 0 Å². The summed E-state index contributed by atoms with van der Waals surface area (Å²) in [6.45, 7) is 8.19. The molecule has 0 unspecified atom stereocenters. The molecular formula is C9H16N2O. The Bertz CT molecular complexity index is 271. The number of aromatic nitrogens is 2. The Morgan fingerprint density at radius 1 is 1.50 bits per heavy atom. The summed E-state index contributed by atoms with van der Waals surface area (Å²) in [5, 5.41) is 13.3. The lowest BCUT2D eigenvalue weighted by Crippen LogP contribution is -2.25. The highest BCUT2D eigenvalue weighted by molar-refractivity contribution is 5.09. The summed E-state index contributed by atoms with van der Waals surface area (Å²) >= 11 is 0. The van der Waals surface area contributed by atoms with Gasteiger partial charge in [-0.2, -0.15) is 5.10 Å². The lowest BCUT2D eigenvalue weighted by molar-refractivity contribution is 0.246. The van der Waals surface area contributed by atoms with Gasteiger partial charge in [0.05, 0.1) is 23.5 Å². The van der Waals surface area contributed by atoms with Gasteiger partial charge in [-0.05, 0) is 33.8 Å². The fourth-order valence-electron chi connectivity index (χ4n) is 1.25. The van der Waals surface area contributed by atoms with Crippen molar-refractivity contribution in [3.63, 3.8) is 0 Å². The Labute approximate surface area is 73.0 Å². The van der Waals surface area contributed by atoms with E-state index in [1.165, 1.54) is 0 Å². The summed E-state index contributed by atoms with van der Waals surface area (Å²) in [4.78, 5) is 0. The highest BCUT2D eigenvalue weighted by Crippen LogP contribution is 2.16. The van der Waals surface area contributed by atoms with Crippen LogP contribution in [0.3, 0.4) is 0 Å². The monoisotopic (exact) mass is 168 g/mol. The molecule has 0 radical (unpaired) electrons. The van der Waals surface area contributed by atoms with Gasteiger partial charge < -0.3 is 5.11 Å². The van der Waals surface area contributed by atoms with Crippen molar-refractivity contribution in [3.8, 4) is 0 Å². The van der Waals surface area contributed by atoms with E-state index in [0.29, 0.717) is 0 Å². The predicted molar refractivity (Wildman–Crippen MR) is 47.9 cm³/mol. The number of aliphatic hydroxyl groups is 1. The van der Waals surface area contributed by atoms with Gasteiger partial charge in [-0.25, -0.2) is 0 Å². The van der Waals surface area contributed by atoms with Gasteiger partial charge in [-0.3, -0.25) is 4.68 Å². The van der Waals surface area contributed by atoms with E-state index in [4.69, 9.17) is 5.11 Å². The fourth-order valence-corrected chi connectivity index (χ4v) is 1.25. The molecule has 0 amide bonds. The molecule has 0 spiro atoms. The normalized spacial score (nSPS) is 12.1. The molecular weight excluding hydrogens is 152 g/mol. The molecule has 1 aromatic rings. The topological polar surface area (TPSA) is 38.0 Å². The maximum Gasteiger partial charge on any atom is 0.0850 e. The fraction of sp³-hybridized carbons (Fsp3) is 0.667. The maximum atomic E-state index is 9.03. The second-order valence-electron chi connectivity index (χ2n) is 4.02. The number of aliphatic hydroxyl groups excluding tert-OH is 1. The number of rotatable bonds is 1. The van der Waals surface area contributed by atoms with E-state index < -0.39 is 0 Å². The van der Waals surface area contributed by atoms with Crippen LogP contribution in [0.1, 0.15) is 32.2 Å². The first kappa shape index (κ1) is 9.26. The molecule has 0 aliphatic rings. The van der Waals surface area contributed by atoms with Crippen LogP contribution in [-0.4, -0.2) is 14.9 Å². The molecule has 1 aromatic heterocycles. The van der Waals surface area contributed by atoms with Crippen molar-refractivity contribution >= 4 is 0 Å². The van der Waals surface area contributed by atoms with Crippen molar-refractivity contribution in [2.75, 3.05) is 0 Å². The van der Waals surface area contributed by atoms with E-state index in [0.717, 1.165) is 11.4 Å². The number of nitrogens with zero attached hydrogens (tertiary/aromatic N) is 2. The summed E-state index contributed by atoms with van der Waals surface area (Å²) in [6.07, 6.45) is 0. The molecule has 68 valence electrons. The Morgan fingerprint density at radius 3 is 2.42 bits per heavy atom. The van der Waals surface area contributed by atoms with E-state index in [1.807, 2.05) is 17.7 Å². The molecule has 0 saturated heterocycles. The standard InChI is InChI=1S/C9H16N2O/c1-7-5-8(6-12)11(10-7)9(2,3)4/h5,12H,6H2,1-4H3. The largest absolute Gasteiger partial charge is 0.390 e. The highest BCUT2D eigenvalue weighted by atomic mass is 16.3. The lowest BCUT2D eigenvalue weighted by Gasteiger charge is -2.21. The minimum Gasteiger partial charge on any atom is -0.390 e. The third kappa shape index (κ3) is 1.67. The van der Waals surface area contributed by atoms with Crippen LogP contribution in [0.4, 0.5) is 0 Å². The maximum absolute atomic E-state index is 9.03. The van der Waals surface area contributed by atoms with Crippen LogP contribution in [0.25, 0.3) is 0 Å². The van der Waals surface area contributed by atoms with Gasteiger partial charge in [0.1, 0.15) is 0 Å². The van der Waals surface area contributed by atoms with Crippen LogP contribution in [0.2, 0.25) is 0 Å². The van der Waals surface area contributed by atoms with Crippen molar-refractivity contribution in [1.29, 1.82) is 0 Å². The molecule has 0 fully saturated rings. The molecule has 0 aliphatic carbocycles. The van der Waals surface area contributed by atoms with Crippen molar-refractivity contribution in [2.45, 2.75) is 39.8 Å². The van der Waals surface area contributed by atoms with E-state index in [9.17, 15) is 0 Å². The Balaban J connectivity index is 3.13. The van der Waals surface area contributed by atoms with Gasteiger partial charge in [-0.1, -0.05) is 0 Å².